The van der Waals surface area contributed by atoms with Gasteiger partial charge in [0, 0.05) is 49.3 Å². The lowest BCUT2D eigenvalue weighted by Crippen LogP contribution is -2.27. The Balaban J connectivity index is 1.33. The molecule has 0 saturated carbocycles. The van der Waals surface area contributed by atoms with Crippen LogP contribution in [0.5, 0.6) is 0 Å². The molecule has 2 N–H and O–H groups in total. The molecule has 0 bridgehead atoms. The van der Waals surface area contributed by atoms with Crippen molar-refractivity contribution in [3.05, 3.63) is 89.1 Å². The van der Waals surface area contributed by atoms with Crippen LogP contribution in [-0.4, -0.2) is 46.8 Å². The lowest BCUT2D eigenvalue weighted by atomic mass is 9.94. The summed E-state index contributed by atoms with van der Waals surface area (Å²) in [4.78, 5) is 25.6. The van der Waals surface area contributed by atoms with Gasteiger partial charge >= 0.3 is 0 Å². The minimum absolute atomic E-state index is 0.104. The Morgan fingerprint density at radius 3 is 2.30 bits per heavy atom. The lowest BCUT2D eigenvalue weighted by Gasteiger charge is -2.18. The van der Waals surface area contributed by atoms with Gasteiger partial charge in [0.2, 0.25) is 0 Å². The van der Waals surface area contributed by atoms with Gasteiger partial charge < -0.3 is 15.2 Å². The van der Waals surface area contributed by atoms with Crippen LogP contribution in [-0.2, 0) is 16.9 Å². The molecular weight excluding hydrogens is 538 g/mol. The zero-order valence-electron chi connectivity index (χ0n) is 26.2. The highest BCUT2D eigenvalue weighted by Crippen LogP contribution is 2.26. The summed E-state index contributed by atoms with van der Waals surface area (Å²) in [5.41, 5.74) is 5.29. The molecule has 7 heteroatoms. The number of benzene rings is 3. The molecule has 1 unspecified atom stereocenters. The van der Waals surface area contributed by atoms with Crippen LogP contribution >= 0.6 is 0 Å². The molecule has 1 heterocycles. The van der Waals surface area contributed by atoms with E-state index in [4.69, 9.17) is 9.84 Å². The van der Waals surface area contributed by atoms with Crippen molar-refractivity contribution in [2.45, 2.75) is 71.9 Å². The number of nitrogens with one attached hydrogen (secondary N) is 1. The lowest BCUT2D eigenvalue weighted by molar-refractivity contribution is 0.0785. The van der Waals surface area contributed by atoms with Crippen molar-refractivity contribution in [2.24, 2.45) is 5.92 Å². The molecule has 0 fully saturated rings. The predicted molar refractivity (Wildman–Crippen MR) is 172 cm³/mol. The zero-order chi connectivity index (χ0) is 31.0. The van der Waals surface area contributed by atoms with E-state index in [2.05, 4.69) is 12.2 Å². The van der Waals surface area contributed by atoms with Crippen LogP contribution in [0, 0.1) is 12.8 Å². The smallest absolute Gasteiger partial charge is 0.251 e. The average molecular weight is 584 g/mol. The van der Waals surface area contributed by atoms with Crippen LogP contribution in [0.1, 0.15) is 84.7 Å². The summed E-state index contributed by atoms with van der Waals surface area (Å²) in [7, 11) is 1.61. The number of amides is 1. The van der Waals surface area contributed by atoms with Crippen LogP contribution in [0.2, 0.25) is 0 Å². The molecule has 0 saturated heterocycles. The first-order valence-corrected chi connectivity index (χ1v) is 15.3. The van der Waals surface area contributed by atoms with E-state index < -0.39 is 5.60 Å². The van der Waals surface area contributed by atoms with E-state index in [0.29, 0.717) is 31.1 Å². The number of aryl methyl sites for hydroxylation is 1. The Kier molecular flexibility index (Phi) is 10.9. The minimum Gasteiger partial charge on any atom is -0.386 e. The molecule has 1 atom stereocenters. The Morgan fingerprint density at radius 1 is 1.00 bits per heavy atom. The largest absolute Gasteiger partial charge is 0.386 e. The average Bonchev–Trinajstić information content (AvgIpc) is 3.40. The van der Waals surface area contributed by atoms with Crippen molar-refractivity contribution < 1.29 is 19.4 Å². The summed E-state index contributed by atoms with van der Waals surface area (Å²) in [5.74, 6) is 0.475. The maximum Gasteiger partial charge on any atom is 0.251 e. The number of hydrogen-bond donors (Lipinski definition) is 2. The Labute approximate surface area is 255 Å². The number of carbonyl (C=O) groups excluding carboxylic acids is 2. The highest BCUT2D eigenvalue weighted by molar-refractivity contribution is 6.00. The monoisotopic (exact) mass is 583 g/mol. The molecule has 4 aromatic rings. The molecular formula is C36H45N3O4. The van der Waals surface area contributed by atoms with Crippen LogP contribution < -0.4 is 5.32 Å². The van der Waals surface area contributed by atoms with Gasteiger partial charge in [-0.3, -0.25) is 14.3 Å². The summed E-state index contributed by atoms with van der Waals surface area (Å²) in [5, 5.41) is 18.9. The third-order valence-corrected chi connectivity index (χ3v) is 8.13. The molecule has 0 aliphatic rings. The summed E-state index contributed by atoms with van der Waals surface area (Å²) in [6.45, 7) is 9.44. The first-order chi connectivity index (χ1) is 20.6. The number of fused-ring (bicyclic) bond motifs is 1. The fourth-order valence-electron chi connectivity index (χ4n) is 5.60. The zero-order valence-corrected chi connectivity index (χ0v) is 26.2. The van der Waals surface area contributed by atoms with Gasteiger partial charge in [0.15, 0.2) is 5.78 Å². The van der Waals surface area contributed by atoms with Crippen molar-refractivity contribution in [2.75, 3.05) is 20.3 Å². The number of ether oxygens (including phenoxy) is 1. The van der Waals surface area contributed by atoms with E-state index in [1.807, 2.05) is 78.5 Å². The second kappa shape index (κ2) is 14.6. The van der Waals surface area contributed by atoms with Crippen molar-refractivity contribution in [3.8, 4) is 11.1 Å². The van der Waals surface area contributed by atoms with Gasteiger partial charge in [0.1, 0.15) is 0 Å². The molecule has 0 aliphatic heterocycles. The molecule has 1 amide bonds. The molecule has 0 spiro atoms. The van der Waals surface area contributed by atoms with E-state index in [1.54, 1.807) is 21.0 Å². The predicted octanol–water partition coefficient (Wildman–Crippen LogP) is 7.08. The number of hydrogen-bond acceptors (Lipinski definition) is 5. The maximum absolute atomic E-state index is 13.0. The first kappa shape index (κ1) is 32.1. The molecule has 0 radical (unpaired) electrons. The Morgan fingerprint density at radius 2 is 1.67 bits per heavy atom. The summed E-state index contributed by atoms with van der Waals surface area (Å²) in [6, 6.07) is 19.4. The van der Waals surface area contributed by atoms with Gasteiger partial charge in [0.05, 0.1) is 17.7 Å². The van der Waals surface area contributed by atoms with Gasteiger partial charge in [-0.1, -0.05) is 61.9 Å². The molecule has 7 nitrogen and oxygen atoms in total. The number of rotatable bonds is 15. The van der Waals surface area contributed by atoms with E-state index >= 15 is 0 Å². The van der Waals surface area contributed by atoms with Gasteiger partial charge in [-0.25, -0.2) is 0 Å². The van der Waals surface area contributed by atoms with Crippen molar-refractivity contribution in [3.63, 3.8) is 0 Å². The Bertz CT molecular complexity index is 1520. The van der Waals surface area contributed by atoms with Crippen LogP contribution in [0.15, 0.2) is 66.9 Å². The number of aromatic nitrogens is 2. The molecule has 43 heavy (non-hydrogen) atoms. The number of carbonyl (C=O) groups is 2. The number of ketones is 1. The highest BCUT2D eigenvalue weighted by Gasteiger charge is 2.17. The molecule has 3 aromatic carbocycles. The number of nitrogens with zero attached hydrogens (tertiary/aromatic N) is 2. The second-order valence-electron chi connectivity index (χ2n) is 12.0. The molecule has 4 rings (SSSR count). The van der Waals surface area contributed by atoms with E-state index in [-0.39, 0.29) is 11.7 Å². The molecule has 0 aliphatic carbocycles. The molecule has 1 aromatic heterocycles. The quantitative estimate of drug-likeness (QED) is 0.115. The van der Waals surface area contributed by atoms with Crippen molar-refractivity contribution in [1.29, 1.82) is 0 Å². The van der Waals surface area contributed by atoms with Crippen LogP contribution in [0.3, 0.4) is 0 Å². The third-order valence-electron chi connectivity index (χ3n) is 8.13. The highest BCUT2D eigenvalue weighted by atomic mass is 16.5. The topological polar surface area (TPSA) is 93.5 Å². The summed E-state index contributed by atoms with van der Waals surface area (Å²) < 4.78 is 7.03. The fraction of sp³-hybridized carbons (Fsp3) is 0.417. The van der Waals surface area contributed by atoms with Crippen LogP contribution in [0.4, 0.5) is 0 Å². The third kappa shape index (κ3) is 8.39. The standard InChI is InChI=1S/C36H45N3O4/c1-6-8-26(23-39-24-32-25(2)31(19-20-33(32)38-39)35(41)37-21-22-43-5)9-7-10-34(40)29-13-11-27(12-14-29)28-15-17-30(18-16-28)36(3,4)42/h11-20,24,26,42H,6-10,21-23H2,1-5H3,(H,37,41). The summed E-state index contributed by atoms with van der Waals surface area (Å²) >= 11 is 0. The Hall–Kier alpha value is -3.81. The van der Waals surface area contributed by atoms with Crippen molar-refractivity contribution >= 4 is 22.6 Å². The SMILES string of the molecule is CCCC(CCCC(=O)c1ccc(-c2ccc(C(C)(C)O)cc2)cc1)Cn1cc2c(C)c(C(=O)NCCOC)ccc2n1. The van der Waals surface area contributed by atoms with Gasteiger partial charge in [-0.2, -0.15) is 5.10 Å². The number of Topliss-reactive ketones (excluding diaryl/α,β-unsaturated/α-hetero) is 1. The normalized spacial score (nSPS) is 12.4. The number of aliphatic hydroxyl groups is 1. The van der Waals surface area contributed by atoms with E-state index in [9.17, 15) is 14.7 Å². The van der Waals surface area contributed by atoms with Crippen LogP contribution in [0.25, 0.3) is 22.0 Å². The first-order valence-electron chi connectivity index (χ1n) is 15.3. The fourth-order valence-corrected chi connectivity index (χ4v) is 5.60. The van der Waals surface area contributed by atoms with E-state index in [1.165, 1.54) is 0 Å². The summed E-state index contributed by atoms with van der Waals surface area (Å²) in [6.07, 6.45) is 6.48. The second-order valence-corrected chi connectivity index (χ2v) is 12.0. The number of methoxy groups -OCH3 is 1. The van der Waals surface area contributed by atoms with Crippen molar-refractivity contribution in [1.82, 2.24) is 15.1 Å². The van der Waals surface area contributed by atoms with E-state index in [0.717, 1.165) is 70.9 Å². The van der Waals surface area contributed by atoms with Gasteiger partial charge in [-0.15, -0.1) is 0 Å². The minimum atomic E-state index is -0.871. The van der Waals surface area contributed by atoms with Gasteiger partial charge in [0.25, 0.3) is 5.91 Å². The molecule has 228 valence electrons. The van der Waals surface area contributed by atoms with Gasteiger partial charge in [-0.05, 0) is 80.3 Å². The maximum atomic E-state index is 13.0.